The average molecular weight is 454 g/mol. The van der Waals surface area contributed by atoms with Crippen molar-refractivity contribution in [1.29, 1.82) is 0 Å². The Labute approximate surface area is 188 Å². The first-order valence-electron chi connectivity index (χ1n) is 10.5. The molecule has 2 aliphatic heterocycles. The van der Waals surface area contributed by atoms with Crippen LogP contribution in [0.15, 0.2) is 24.3 Å². The highest BCUT2D eigenvalue weighted by molar-refractivity contribution is 6.41. The maximum atomic E-state index is 6.59. The lowest BCUT2D eigenvalue weighted by molar-refractivity contribution is 0.172. The van der Waals surface area contributed by atoms with Crippen molar-refractivity contribution >= 4 is 40.5 Å². The first kappa shape index (κ1) is 21.1. The van der Waals surface area contributed by atoms with Gasteiger partial charge in [0.15, 0.2) is 0 Å². The van der Waals surface area contributed by atoms with Crippen molar-refractivity contribution < 1.29 is 4.74 Å². The van der Waals surface area contributed by atoms with Crippen LogP contribution in [0.1, 0.15) is 44.6 Å². The highest BCUT2D eigenvalue weighted by atomic mass is 35.5. The van der Waals surface area contributed by atoms with Gasteiger partial charge >= 0.3 is 0 Å². The SMILES string of the molecule is CCCN(CCC)c1cc(-c2c(Cl)cc(Cl)cc2Cl)cc2c1O[C@H]1CCNC[C@@H]21. The molecule has 4 rings (SSSR count). The van der Waals surface area contributed by atoms with Gasteiger partial charge in [0.05, 0.1) is 15.7 Å². The number of piperidine rings is 1. The zero-order valence-electron chi connectivity index (χ0n) is 16.9. The first-order valence-corrected chi connectivity index (χ1v) is 11.6. The standard InChI is InChI=1S/C23H27Cl3N2O/c1-3-7-28(8-4-2)20-10-14(22-18(25)11-15(24)12-19(22)26)9-16-17-13-27-6-5-21(17)29-23(16)20/h9-12,17,21,27H,3-8,13H2,1-2H3/t17-,21-/m0/s1. The molecule has 2 aliphatic rings. The van der Waals surface area contributed by atoms with Crippen LogP contribution in [0.3, 0.4) is 0 Å². The van der Waals surface area contributed by atoms with Crippen molar-refractivity contribution in [3.05, 3.63) is 44.9 Å². The largest absolute Gasteiger partial charge is 0.487 e. The second kappa shape index (κ2) is 8.93. The Balaban J connectivity index is 1.89. The van der Waals surface area contributed by atoms with Gasteiger partial charge in [-0.2, -0.15) is 0 Å². The predicted molar refractivity (Wildman–Crippen MR) is 124 cm³/mol. The second-order valence-corrected chi connectivity index (χ2v) is 9.15. The van der Waals surface area contributed by atoms with Gasteiger partial charge in [-0.15, -0.1) is 0 Å². The summed E-state index contributed by atoms with van der Waals surface area (Å²) in [6.07, 6.45) is 3.42. The van der Waals surface area contributed by atoms with Gasteiger partial charge in [-0.25, -0.2) is 0 Å². The highest BCUT2D eigenvalue weighted by Crippen LogP contribution is 2.50. The topological polar surface area (TPSA) is 24.5 Å². The molecule has 1 fully saturated rings. The van der Waals surface area contributed by atoms with Crippen LogP contribution in [0.25, 0.3) is 11.1 Å². The molecule has 1 saturated heterocycles. The van der Waals surface area contributed by atoms with E-state index in [2.05, 4.69) is 36.2 Å². The number of hydrogen-bond acceptors (Lipinski definition) is 3. The van der Waals surface area contributed by atoms with Crippen molar-refractivity contribution in [2.75, 3.05) is 31.1 Å². The fourth-order valence-electron chi connectivity index (χ4n) is 4.57. The van der Waals surface area contributed by atoms with E-state index in [9.17, 15) is 0 Å². The van der Waals surface area contributed by atoms with Crippen molar-refractivity contribution in [3.8, 4) is 16.9 Å². The van der Waals surface area contributed by atoms with Crippen LogP contribution in [-0.2, 0) is 0 Å². The van der Waals surface area contributed by atoms with Gasteiger partial charge in [0.2, 0.25) is 0 Å². The van der Waals surface area contributed by atoms with Crippen molar-refractivity contribution in [1.82, 2.24) is 5.32 Å². The van der Waals surface area contributed by atoms with E-state index in [0.29, 0.717) is 21.0 Å². The van der Waals surface area contributed by atoms with Crippen LogP contribution in [0, 0.1) is 0 Å². The zero-order chi connectivity index (χ0) is 20.5. The maximum Gasteiger partial charge on any atom is 0.146 e. The lowest BCUT2D eigenvalue weighted by atomic mass is 9.88. The van der Waals surface area contributed by atoms with E-state index >= 15 is 0 Å². The molecular weight excluding hydrogens is 427 g/mol. The van der Waals surface area contributed by atoms with Crippen LogP contribution < -0.4 is 15.0 Å². The molecule has 0 aromatic heterocycles. The van der Waals surface area contributed by atoms with Gasteiger partial charge in [0.25, 0.3) is 0 Å². The van der Waals surface area contributed by atoms with Crippen LogP contribution in [0.4, 0.5) is 5.69 Å². The Morgan fingerprint density at radius 2 is 1.72 bits per heavy atom. The maximum absolute atomic E-state index is 6.59. The summed E-state index contributed by atoms with van der Waals surface area (Å²) < 4.78 is 6.52. The smallest absolute Gasteiger partial charge is 0.146 e. The Morgan fingerprint density at radius 3 is 2.38 bits per heavy atom. The predicted octanol–water partition coefficient (Wildman–Crippen LogP) is 6.78. The van der Waals surface area contributed by atoms with Gasteiger partial charge in [-0.3, -0.25) is 0 Å². The summed E-state index contributed by atoms with van der Waals surface area (Å²) in [5.41, 5.74) is 4.27. The number of ether oxygens (including phenoxy) is 1. The number of nitrogens with zero attached hydrogens (tertiary/aromatic N) is 1. The Kier molecular flexibility index (Phi) is 6.50. The Bertz CT molecular complexity index is 873. The van der Waals surface area contributed by atoms with Gasteiger partial charge in [-0.05, 0) is 55.6 Å². The molecule has 2 atom stereocenters. The summed E-state index contributed by atoms with van der Waals surface area (Å²) in [5, 5.41) is 5.21. The highest BCUT2D eigenvalue weighted by Gasteiger charge is 2.39. The van der Waals surface area contributed by atoms with E-state index in [1.807, 2.05) is 0 Å². The number of fused-ring (bicyclic) bond motifs is 3. The van der Waals surface area contributed by atoms with E-state index in [4.69, 9.17) is 39.5 Å². The van der Waals surface area contributed by atoms with E-state index in [1.165, 1.54) is 5.56 Å². The van der Waals surface area contributed by atoms with E-state index in [-0.39, 0.29) is 6.10 Å². The molecule has 0 unspecified atom stereocenters. The summed E-state index contributed by atoms with van der Waals surface area (Å²) >= 11 is 19.3. The number of hydrogen-bond donors (Lipinski definition) is 1. The molecule has 2 aromatic carbocycles. The molecular formula is C23H27Cl3N2O. The third kappa shape index (κ3) is 4.07. The number of benzene rings is 2. The fraction of sp³-hybridized carbons (Fsp3) is 0.478. The minimum atomic E-state index is 0.238. The van der Waals surface area contributed by atoms with Crippen LogP contribution >= 0.6 is 34.8 Å². The summed E-state index contributed by atoms with van der Waals surface area (Å²) in [7, 11) is 0. The van der Waals surface area contributed by atoms with Gasteiger partial charge in [0, 0.05) is 41.7 Å². The van der Waals surface area contributed by atoms with Crippen LogP contribution in [-0.4, -0.2) is 32.3 Å². The third-order valence-corrected chi connectivity index (χ3v) is 6.62. The summed E-state index contributed by atoms with van der Waals surface area (Å²) in [6, 6.07) is 7.92. The minimum Gasteiger partial charge on any atom is -0.487 e. The molecule has 0 spiro atoms. The molecule has 6 heteroatoms. The van der Waals surface area contributed by atoms with E-state index < -0.39 is 0 Å². The number of anilines is 1. The quantitative estimate of drug-likeness (QED) is 0.522. The number of halogens is 3. The molecule has 0 radical (unpaired) electrons. The average Bonchev–Trinajstić information content (AvgIpc) is 3.05. The summed E-state index contributed by atoms with van der Waals surface area (Å²) in [5.74, 6) is 1.39. The molecule has 2 heterocycles. The summed E-state index contributed by atoms with van der Waals surface area (Å²) in [6.45, 7) is 8.34. The van der Waals surface area contributed by atoms with Crippen LogP contribution in [0.5, 0.6) is 5.75 Å². The van der Waals surface area contributed by atoms with Gasteiger partial charge in [-0.1, -0.05) is 48.7 Å². The van der Waals surface area contributed by atoms with Crippen molar-refractivity contribution in [3.63, 3.8) is 0 Å². The lowest BCUT2D eigenvalue weighted by Gasteiger charge is -2.27. The molecule has 29 heavy (non-hydrogen) atoms. The molecule has 0 amide bonds. The monoisotopic (exact) mass is 452 g/mol. The Morgan fingerprint density at radius 1 is 1.03 bits per heavy atom. The number of rotatable bonds is 6. The van der Waals surface area contributed by atoms with Crippen LogP contribution in [0.2, 0.25) is 15.1 Å². The molecule has 2 aromatic rings. The third-order valence-electron chi connectivity index (χ3n) is 5.81. The fourth-order valence-corrected chi connectivity index (χ4v) is 5.60. The minimum absolute atomic E-state index is 0.238. The van der Waals surface area contributed by atoms with Crippen molar-refractivity contribution in [2.45, 2.75) is 45.1 Å². The van der Waals surface area contributed by atoms with Crippen molar-refractivity contribution in [2.24, 2.45) is 0 Å². The second-order valence-electron chi connectivity index (χ2n) is 7.90. The molecule has 1 N–H and O–H groups in total. The molecule has 0 bridgehead atoms. The first-order chi connectivity index (χ1) is 14.0. The van der Waals surface area contributed by atoms with E-state index in [1.54, 1.807) is 12.1 Å². The molecule has 0 saturated carbocycles. The molecule has 156 valence electrons. The number of nitrogens with one attached hydrogen (secondary N) is 1. The lowest BCUT2D eigenvalue weighted by Crippen LogP contribution is -2.37. The van der Waals surface area contributed by atoms with E-state index in [0.717, 1.165) is 68.0 Å². The molecule has 3 nitrogen and oxygen atoms in total. The summed E-state index contributed by atoms with van der Waals surface area (Å²) in [4.78, 5) is 2.44. The molecule has 0 aliphatic carbocycles. The Hall–Kier alpha value is -1.13. The zero-order valence-corrected chi connectivity index (χ0v) is 19.2. The van der Waals surface area contributed by atoms with Gasteiger partial charge < -0.3 is 15.0 Å². The van der Waals surface area contributed by atoms with Gasteiger partial charge in [0.1, 0.15) is 11.9 Å². The normalized spacial score (nSPS) is 20.2.